The maximum atomic E-state index is 12.9. The number of carbonyl (C=O) groups excluding carboxylic acids is 2. The van der Waals surface area contributed by atoms with Crippen LogP contribution in [0.1, 0.15) is 58.5 Å². The first-order chi connectivity index (χ1) is 14.6. The molecule has 0 radical (unpaired) electrons. The number of phosphoric acid groups is 1. The van der Waals surface area contributed by atoms with Crippen LogP contribution in [-0.2, 0) is 22.2 Å². The fourth-order valence-electron chi connectivity index (χ4n) is 3.51. The van der Waals surface area contributed by atoms with E-state index in [0.717, 1.165) is 36.8 Å². The molecular weight excluding hydrogens is 468 g/mol. The number of nitrogens with one attached hydrogen (secondary N) is 1. The molecule has 0 aliphatic heterocycles. The summed E-state index contributed by atoms with van der Waals surface area (Å²) in [4.78, 5) is 43.6. The molecule has 9 nitrogen and oxygen atoms in total. The number of carbonyl (C=O) groups is 2. The molecule has 1 heterocycles. The van der Waals surface area contributed by atoms with Crippen molar-refractivity contribution in [2.45, 2.75) is 51.3 Å². The first kappa shape index (κ1) is 23.9. The van der Waals surface area contributed by atoms with E-state index < -0.39 is 26.2 Å². The molecule has 0 bridgehead atoms. The molecule has 12 heteroatoms. The average molecular weight is 490 g/mol. The van der Waals surface area contributed by atoms with Gasteiger partial charge in [-0.1, -0.05) is 48.5 Å². The van der Waals surface area contributed by atoms with E-state index in [-0.39, 0.29) is 39.3 Å². The number of aromatic nitrogens is 2. The molecule has 1 aromatic heterocycles. The van der Waals surface area contributed by atoms with Gasteiger partial charge in [0.1, 0.15) is 0 Å². The van der Waals surface area contributed by atoms with Crippen LogP contribution in [0.15, 0.2) is 24.4 Å². The highest BCUT2D eigenvalue weighted by molar-refractivity contribution is 7.46. The lowest BCUT2D eigenvalue weighted by atomic mass is 9.95. The summed E-state index contributed by atoms with van der Waals surface area (Å²) in [6.45, 7) is -0.588. The summed E-state index contributed by atoms with van der Waals surface area (Å²) in [6, 6.07) is 4.70. The molecule has 0 saturated heterocycles. The molecule has 1 aliphatic rings. The lowest BCUT2D eigenvalue weighted by molar-refractivity contribution is 0.0919. The van der Waals surface area contributed by atoms with Crippen LogP contribution >= 0.6 is 31.0 Å². The Hall–Kier alpha value is -1.74. The van der Waals surface area contributed by atoms with Gasteiger partial charge in [0, 0.05) is 24.2 Å². The number of phosphoric ester groups is 1. The molecule has 2 aromatic rings. The number of benzene rings is 1. The Morgan fingerprint density at radius 2 is 1.84 bits per heavy atom. The predicted molar refractivity (Wildman–Crippen MR) is 114 cm³/mol. The highest BCUT2D eigenvalue weighted by atomic mass is 35.5. The zero-order valence-corrected chi connectivity index (χ0v) is 18.9. The second-order valence-corrected chi connectivity index (χ2v) is 9.35. The average Bonchev–Trinajstić information content (AvgIpc) is 3.09. The van der Waals surface area contributed by atoms with Crippen LogP contribution < -0.4 is 5.32 Å². The summed E-state index contributed by atoms with van der Waals surface area (Å²) in [5, 5.41) is 7.38. The molecule has 1 amide bonds. The summed E-state index contributed by atoms with van der Waals surface area (Å²) in [7, 11) is -4.74. The molecule has 0 unspecified atom stereocenters. The van der Waals surface area contributed by atoms with Gasteiger partial charge >= 0.3 is 7.82 Å². The minimum atomic E-state index is -4.74. The number of ketones is 1. The molecular formula is C19H22Cl2N3O6P. The first-order valence-electron chi connectivity index (χ1n) is 9.68. The van der Waals surface area contributed by atoms with Crippen molar-refractivity contribution in [3.63, 3.8) is 0 Å². The van der Waals surface area contributed by atoms with Crippen molar-refractivity contribution in [2.75, 3.05) is 0 Å². The Balaban J connectivity index is 1.85. The lowest BCUT2D eigenvalue weighted by Crippen LogP contribution is -2.37. The Bertz CT molecular complexity index is 996. The van der Waals surface area contributed by atoms with Crippen LogP contribution in [0.4, 0.5) is 0 Å². The number of hydrogen-bond donors (Lipinski definition) is 3. The van der Waals surface area contributed by atoms with E-state index in [4.69, 9.17) is 33.0 Å². The summed E-state index contributed by atoms with van der Waals surface area (Å²) in [5.41, 5.74) is 0.378. The Labute approximate surface area is 188 Å². The summed E-state index contributed by atoms with van der Waals surface area (Å²) in [5.74, 6) is -0.882. The number of halogens is 2. The lowest BCUT2D eigenvalue weighted by Gasteiger charge is -2.22. The van der Waals surface area contributed by atoms with Crippen molar-refractivity contribution in [3.05, 3.63) is 51.3 Å². The molecule has 1 fully saturated rings. The van der Waals surface area contributed by atoms with Crippen LogP contribution in [0.3, 0.4) is 0 Å². The number of Topliss-reactive ketones (excluding diaryl/α,β-unsaturated/α-hetero) is 1. The molecule has 1 aromatic carbocycles. The van der Waals surface area contributed by atoms with Crippen molar-refractivity contribution >= 4 is 42.7 Å². The summed E-state index contributed by atoms with van der Waals surface area (Å²) in [6.07, 6.45) is 5.99. The van der Waals surface area contributed by atoms with E-state index in [2.05, 4.69) is 14.9 Å². The monoisotopic (exact) mass is 489 g/mol. The van der Waals surface area contributed by atoms with Gasteiger partial charge in [-0.25, -0.2) is 9.25 Å². The first-order valence-corrected chi connectivity index (χ1v) is 12.0. The number of rotatable bonds is 8. The van der Waals surface area contributed by atoms with Crippen LogP contribution in [0.25, 0.3) is 0 Å². The van der Waals surface area contributed by atoms with Gasteiger partial charge in [0.05, 0.1) is 15.6 Å². The van der Waals surface area contributed by atoms with Crippen molar-refractivity contribution in [1.82, 2.24) is 15.1 Å². The second-order valence-electron chi connectivity index (χ2n) is 7.30. The van der Waals surface area contributed by atoms with E-state index in [1.165, 1.54) is 18.3 Å². The van der Waals surface area contributed by atoms with E-state index in [0.29, 0.717) is 0 Å². The zero-order chi connectivity index (χ0) is 22.6. The van der Waals surface area contributed by atoms with Crippen LogP contribution in [0.2, 0.25) is 10.0 Å². The minimum absolute atomic E-state index is 0.0133. The topological polar surface area (TPSA) is 131 Å². The maximum Gasteiger partial charge on any atom is 0.471 e. The normalized spacial score (nSPS) is 15.1. The molecule has 1 saturated carbocycles. The second kappa shape index (κ2) is 10.3. The minimum Gasteiger partial charge on any atom is -0.348 e. The predicted octanol–water partition coefficient (Wildman–Crippen LogP) is 3.74. The van der Waals surface area contributed by atoms with Crippen LogP contribution in [0, 0.1) is 0 Å². The highest BCUT2D eigenvalue weighted by Crippen LogP contribution is 2.36. The van der Waals surface area contributed by atoms with Crippen molar-refractivity contribution in [1.29, 1.82) is 0 Å². The van der Waals surface area contributed by atoms with Gasteiger partial charge in [-0.15, -0.1) is 0 Å². The fraction of sp³-hybridized carbons (Fsp3) is 0.421. The molecule has 1 aliphatic carbocycles. The standard InChI is InChI=1S/C19H22Cl2N3O6P/c20-14-7-4-8-15(21)17(14)16(25)9-12-10-24(11-30-31(27,28)29)23-18(12)19(26)22-13-5-2-1-3-6-13/h4,7-8,10,13H,1-3,5-6,9,11H2,(H,22,26)(H2,27,28,29). The molecule has 0 atom stereocenters. The molecule has 168 valence electrons. The van der Waals surface area contributed by atoms with Crippen LogP contribution in [-0.4, -0.2) is 37.3 Å². The quantitative estimate of drug-likeness (QED) is 0.380. The highest BCUT2D eigenvalue weighted by Gasteiger charge is 2.25. The Morgan fingerprint density at radius 3 is 2.45 bits per heavy atom. The molecule has 0 spiro atoms. The third-order valence-electron chi connectivity index (χ3n) is 4.94. The van der Waals surface area contributed by atoms with Gasteiger partial charge in [0.2, 0.25) is 0 Å². The zero-order valence-electron chi connectivity index (χ0n) is 16.5. The van der Waals surface area contributed by atoms with Gasteiger partial charge in [-0.2, -0.15) is 5.10 Å². The SMILES string of the molecule is O=C(NC1CCCCC1)c1nn(COP(=O)(O)O)cc1CC(=O)c1c(Cl)cccc1Cl. The molecule has 31 heavy (non-hydrogen) atoms. The Kier molecular flexibility index (Phi) is 7.91. The smallest absolute Gasteiger partial charge is 0.348 e. The number of amides is 1. The Morgan fingerprint density at radius 1 is 1.19 bits per heavy atom. The van der Waals surface area contributed by atoms with E-state index in [9.17, 15) is 14.2 Å². The third-order valence-corrected chi connectivity index (χ3v) is 6.03. The largest absolute Gasteiger partial charge is 0.471 e. The molecule has 3 N–H and O–H groups in total. The molecule has 3 rings (SSSR count). The van der Waals surface area contributed by atoms with Crippen molar-refractivity contribution in [2.24, 2.45) is 0 Å². The van der Waals surface area contributed by atoms with Gasteiger partial charge in [-0.3, -0.25) is 14.1 Å². The maximum absolute atomic E-state index is 12.9. The van der Waals surface area contributed by atoms with Crippen molar-refractivity contribution in [3.8, 4) is 0 Å². The fourth-order valence-corrected chi connectivity index (χ4v) is 4.39. The van der Waals surface area contributed by atoms with E-state index in [1.54, 1.807) is 6.07 Å². The van der Waals surface area contributed by atoms with Gasteiger partial charge < -0.3 is 15.1 Å². The van der Waals surface area contributed by atoms with E-state index >= 15 is 0 Å². The van der Waals surface area contributed by atoms with Crippen LogP contribution in [0.5, 0.6) is 0 Å². The van der Waals surface area contributed by atoms with Gasteiger partial charge in [-0.05, 0) is 25.0 Å². The summed E-state index contributed by atoms with van der Waals surface area (Å²) >= 11 is 12.2. The van der Waals surface area contributed by atoms with Gasteiger partial charge in [0.25, 0.3) is 5.91 Å². The van der Waals surface area contributed by atoms with Gasteiger partial charge in [0.15, 0.2) is 18.2 Å². The summed E-state index contributed by atoms with van der Waals surface area (Å²) < 4.78 is 16.5. The third kappa shape index (κ3) is 6.62. The van der Waals surface area contributed by atoms with E-state index in [1.807, 2.05) is 0 Å². The number of nitrogens with zero attached hydrogens (tertiary/aromatic N) is 2. The van der Waals surface area contributed by atoms with Crippen molar-refractivity contribution < 1.29 is 28.5 Å². The number of hydrogen-bond acceptors (Lipinski definition) is 5.